The Hall–Kier alpha value is -2.61. The first-order valence-corrected chi connectivity index (χ1v) is 7.78. The number of fused-ring (bicyclic) bond motifs is 1. The number of nitrogens with one attached hydrogen (secondary N) is 1. The van der Waals surface area contributed by atoms with E-state index in [2.05, 4.69) is 10.3 Å². The Morgan fingerprint density at radius 3 is 2.91 bits per heavy atom. The molecule has 1 aromatic heterocycles. The maximum Gasteiger partial charge on any atom is 0.273 e. The summed E-state index contributed by atoms with van der Waals surface area (Å²) in [5, 5.41) is 4.61. The van der Waals surface area contributed by atoms with Crippen molar-refractivity contribution in [2.45, 2.75) is 13.5 Å². The van der Waals surface area contributed by atoms with Gasteiger partial charge in [-0.2, -0.15) is 0 Å². The van der Waals surface area contributed by atoms with Crippen LogP contribution in [0.15, 0.2) is 23.6 Å². The molecule has 0 radical (unpaired) electrons. The number of amides is 2. The van der Waals surface area contributed by atoms with Gasteiger partial charge in [-0.3, -0.25) is 9.59 Å². The number of benzene rings is 1. The zero-order chi connectivity index (χ0) is 16.4. The van der Waals surface area contributed by atoms with Crippen LogP contribution in [0.5, 0.6) is 11.5 Å². The Morgan fingerprint density at radius 1 is 1.35 bits per heavy atom. The first-order valence-electron chi connectivity index (χ1n) is 6.90. The summed E-state index contributed by atoms with van der Waals surface area (Å²) in [5.41, 5.74) is 1.24. The fourth-order valence-corrected chi connectivity index (χ4v) is 2.89. The van der Waals surface area contributed by atoms with Crippen molar-refractivity contribution in [3.8, 4) is 11.5 Å². The van der Waals surface area contributed by atoms with E-state index in [4.69, 9.17) is 9.47 Å². The standard InChI is InChI=1S/C15H15N3O4S/c1-9(19)16-15-17-11(7-23-15)14(20)18(2)6-10-3-4-12-13(5-10)22-8-21-12/h3-5,7H,6,8H2,1-2H3,(H,16,17,19). The largest absolute Gasteiger partial charge is 0.454 e. The summed E-state index contributed by atoms with van der Waals surface area (Å²) in [6, 6.07) is 5.57. The van der Waals surface area contributed by atoms with Gasteiger partial charge in [-0.25, -0.2) is 4.98 Å². The van der Waals surface area contributed by atoms with Crippen molar-refractivity contribution in [3.63, 3.8) is 0 Å². The van der Waals surface area contributed by atoms with Crippen LogP contribution in [0, 0.1) is 0 Å². The third kappa shape index (κ3) is 3.42. The van der Waals surface area contributed by atoms with Gasteiger partial charge < -0.3 is 19.7 Å². The molecule has 1 aliphatic rings. The van der Waals surface area contributed by atoms with E-state index in [1.807, 2.05) is 18.2 Å². The van der Waals surface area contributed by atoms with Gasteiger partial charge in [0.2, 0.25) is 12.7 Å². The Bertz CT molecular complexity index is 759. The predicted molar refractivity (Wildman–Crippen MR) is 84.8 cm³/mol. The molecule has 23 heavy (non-hydrogen) atoms. The minimum Gasteiger partial charge on any atom is -0.454 e. The van der Waals surface area contributed by atoms with Gasteiger partial charge in [0.1, 0.15) is 5.69 Å². The summed E-state index contributed by atoms with van der Waals surface area (Å²) in [6.45, 7) is 2.04. The predicted octanol–water partition coefficient (Wildman–Crippen LogP) is 2.10. The number of nitrogens with zero attached hydrogens (tertiary/aromatic N) is 2. The van der Waals surface area contributed by atoms with Crippen molar-refractivity contribution in [3.05, 3.63) is 34.8 Å². The van der Waals surface area contributed by atoms with Gasteiger partial charge in [0.25, 0.3) is 5.91 Å². The number of hydrogen-bond acceptors (Lipinski definition) is 6. The van der Waals surface area contributed by atoms with Crippen LogP contribution in [0.25, 0.3) is 0 Å². The summed E-state index contributed by atoms with van der Waals surface area (Å²) >= 11 is 1.22. The van der Waals surface area contributed by atoms with Crippen molar-refractivity contribution < 1.29 is 19.1 Å². The molecule has 0 saturated carbocycles. The fraction of sp³-hybridized carbons (Fsp3) is 0.267. The molecule has 7 nitrogen and oxygen atoms in total. The molecule has 0 atom stereocenters. The third-order valence-corrected chi connectivity index (χ3v) is 3.97. The molecule has 1 N–H and O–H groups in total. The van der Waals surface area contributed by atoms with Crippen LogP contribution in [-0.2, 0) is 11.3 Å². The Labute approximate surface area is 136 Å². The number of hydrogen-bond donors (Lipinski definition) is 1. The number of rotatable bonds is 4. The zero-order valence-corrected chi connectivity index (χ0v) is 13.5. The smallest absolute Gasteiger partial charge is 0.273 e. The van der Waals surface area contributed by atoms with Crippen LogP contribution < -0.4 is 14.8 Å². The Balaban J connectivity index is 1.67. The second kappa shape index (κ2) is 6.25. The van der Waals surface area contributed by atoms with Crippen molar-refractivity contribution in [1.82, 2.24) is 9.88 Å². The molecule has 0 aliphatic carbocycles. The molecular weight excluding hydrogens is 318 g/mol. The van der Waals surface area contributed by atoms with E-state index >= 15 is 0 Å². The van der Waals surface area contributed by atoms with E-state index in [1.54, 1.807) is 17.3 Å². The van der Waals surface area contributed by atoms with Crippen LogP contribution in [0.3, 0.4) is 0 Å². The van der Waals surface area contributed by atoms with E-state index in [0.717, 1.165) is 5.56 Å². The minimum absolute atomic E-state index is 0.212. The Kier molecular flexibility index (Phi) is 4.16. The SMILES string of the molecule is CC(=O)Nc1nc(C(=O)N(C)Cc2ccc3c(c2)OCO3)cs1. The van der Waals surface area contributed by atoms with Crippen LogP contribution in [0.1, 0.15) is 23.0 Å². The number of aromatic nitrogens is 1. The van der Waals surface area contributed by atoms with Crippen LogP contribution in [0.4, 0.5) is 5.13 Å². The van der Waals surface area contributed by atoms with Gasteiger partial charge in [0, 0.05) is 25.9 Å². The average molecular weight is 333 g/mol. The number of ether oxygens (including phenoxy) is 2. The first kappa shape index (κ1) is 15.3. The molecule has 8 heteroatoms. The number of thiazole rings is 1. The van der Waals surface area contributed by atoms with E-state index < -0.39 is 0 Å². The van der Waals surface area contributed by atoms with Gasteiger partial charge >= 0.3 is 0 Å². The molecule has 0 saturated heterocycles. The highest BCUT2D eigenvalue weighted by Gasteiger charge is 2.18. The molecule has 1 aromatic carbocycles. The number of carbonyl (C=O) groups is 2. The van der Waals surface area contributed by atoms with Gasteiger partial charge in [0.15, 0.2) is 16.6 Å². The first-order chi connectivity index (χ1) is 11.0. The molecule has 2 amide bonds. The van der Waals surface area contributed by atoms with Crippen molar-refractivity contribution >= 4 is 28.3 Å². The van der Waals surface area contributed by atoms with E-state index in [-0.39, 0.29) is 18.6 Å². The molecule has 3 rings (SSSR count). The molecule has 120 valence electrons. The lowest BCUT2D eigenvalue weighted by Crippen LogP contribution is -2.26. The summed E-state index contributed by atoms with van der Waals surface area (Å²) in [4.78, 5) is 29.1. The maximum atomic E-state index is 12.4. The average Bonchev–Trinajstić information content (AvgIpc) is 3.14. The van der Waals surface area contributed by atoms with Crippen LogP contribution in [0.2, 0.25) is 0 Å². The van der Waals surface area contributed by atoms with Gasteiger partial charge in [-0.05, 0) is 17.7 Å². The normalized spacial score (nSPS) is 12.1. The summed E-state index contributed by atoms with van der Waals surface area (Å²) in [7, 11) is 1.70. The highest BCUT2D eigenvalue weighted by Crippen LogP contribution is 2.32. The minimum atomic E-state index is -0.216. The monoisotopic (exact) mass is 333 g/mol. The molecule has 0 spiro atoms. The highest BCUT2D eigenvalue weighted by atomic mass is 32.1. The molecule has 0 unspecified atom stereocenters. The number of anilines is 1. The fourth-order valence-electron chi connectivity index (χ4n) is 2.16. The second-order valence-electron chi connectivity index (χ2n) is 5.07. The van der Waals surface area contributed by atoms with Gasteiger partial charge in [-0.1, -0.05) is 6.07 Å². The van der Waals surface area contributed by atoms with Gasteiger partial charge in [-0.15, -0.1) is 11.3 Å². The van der Waals surface area contributed by atoms with Crippen molar-refractivity contribution in [2.24, 2.45) is 0 Å². The Morgan fingerprint density at radius 2 is 2.13 bits per heavy atom. The quantitative estimate of drug-likeness (QED) is 0.927. The van der Waals surface area contributed by atoms with Crippen LogP contribution in [-0.4, -0.2) is 35.5 Å². The summed E-state index contributed by atoms with van der Waals surface area (Å²) in [6.07, 6.45) is 0. The summed E-state index contributed by atoms with van der Waals surface area (Å²) < 4.78 is 10.6. The van der Waals surface area contributed by atoms with E-state index in [1.165, 1.54) is 18.3 Å². The molecule has 2 aromatic rings. The summed E-state index contributed by atoms with van der Waals surface area (Å²) in [5.74, 6) is 0.967. The molecular formula is C15H15N3O4S. The second-order valence-corrected chi connectivity index (χ2v) is 5.93. The molecule has 0 fully saturated rings. The highest BCUT2D eigenvalue weighted by molar-refractivity contribution is 7.14. The topological polar surface area (TPSA) is 80.8 Å². The molecule has 0 bridgehead atoms. The third-order valence-electron chi connectivity index (χ3n) is 3.21. The van der Waals surface area contributed by atoms with Crippen molar-refractivity contribution in [1.29, 1.82) is 0 Å². The lowest BCUT2D eigenvalue weighted by atomic mass is 10.2. The molecule has 1 aliphatic heterocycles. The van der Waals surface area contributed by atoms with E-state index in [0.29, 0.717) is 28.9 Å². The number of carbonyl (C=O) groups excluding carboxylic acids is 2. The maximum absolute atomic E-state index is 12.4. The van der Waals surface area contributed by atoms with Crippen LogP contribution >= 0.6 is 11.3 Å². The lowest BCUT2D eigenvalue weighted by Gasteiger charge is -2.16. The van der Waals surface area contributed by atoms with Crippen molar-refractivity contribution in [2.75, 3.05) is 19.2 Å². The van der Waals surface area contributed by atoms with Gasteiger partial charge in [0.05, 0.1) is 0 Å². The van der Waals surface area contributed by atoms with E-state index in [9.17, 15) is 9.59 Å². The zero-order valence-electron chi connectivity index (χ0n) is 12.7. The lowest BCUT2D eigenvalue weighted by molar-refractivity contribution is -0.114. The molecule has 2 heterocycles.